The monoisotopic (exact) mass is 455 g/mol. The van der Waals surface area contributed by atoms with Gasteiger partial charge in [0.25, 0.3) is 5.56 Å². The van der Waals surface area contributed by atoms with Gasteiger partial charge in [-0.3, -0.25) is 9.59 Å². The molecule has 2 aliphatic carbocycles. The van der Waals surface area contributed by atoms with Crippen LogP contribution in [0.5, 0.6) is 0 Å². The maximum absolute atomic E-state index is 12.7. The number of rotatable bonds is 10. The zero-order valence-electron chi connectivity index (χ0n) is 19.0. The summed E-state index contributed by atoms with van der Waals surface area (Å²) in [5.41, 5.74) is 4.21. The average molecular weight is 456 g/mol. The van der Waals surface area contributed by atoms with Crippen molar-refractivity contribution in [1.29, 1.82) is 0 Å². The maximum atomic E-state index is 12.7. The Hall–Kier alpha value is -2.07. The Bertz CT molecular complexity index is 989. The number of nitrogens with one attached hydrogen (secondary N) is 1. The molecule has 1 N–H and O–H groups in total. The minimum atomic E-state index is -0.157. The number of pyridine rings is 1. The number of carbonyl (C=O) groups excluding carboxylic acids is 1. The number of halogens is 1. The molecule has 1 aromatic heterocycles. The van der Waals surface area contributed by atoms with Gasteiger partial charge in [0.15, 0.2) is 0 Å². The van der Waals surface area contributed by atoms with Crippen LogP contribution in [-0.4, -0.2) is 17.6 Å². The van der Waals surface area contributed by atoms with E-state index in [9.17, 15) is 9.59 Å². The third-order valence-electron chi connectivity index (χ3n) is 7.01. The molecule has 1 unspecified atom stereocenters. The van der Waals surface area contributed by atoms with Gasteiger partial charge in [0, 0.05) is 28.6 Å². The Morgan fingerprint density at radius 1 is 1.16 bits per heavy atom. The Kier molecular flexibility index (Phi) is 7.72. The van der Waals surface area contributed by atoms with Gasteiger partial charge in [0.05, 0.1) is 6.61 Å². The van der Waals surface area contributed by atoms with E-state index in [0.29, 0.717) is 24.9 Å². The van der Waals surface area contributed by atoms with Gasteiger partial charge < -0.3 is 9.72 Å². The van der Waals surface area contributed by atoms with Gasteiger partial charge in [0.1, 0.15) is 0 Å². The summed E-state index contributed by atoms with van der Waals surface area (Å²) < 4.78 is 5.01. The fraction of sp³-hybridized carbons (Fsp3) is 0.556. The van der Waals surface area contributed by atoms with Gasteiger partial charge >= 0.3 is 5.97 Å². The highest BCUT2D eigenvalue weighted by molar-refractivity contribution is 6.31. The van der Waals surface area contributed by atoms with Crippen molar-refractivity contribution in [3.8, 4) is 0 Å². The zero-order valence-corrected chi connectivity index (χ0v) is 19.8. The quantitative estimate of drug-likeness (QED) is 0.416. The van der Waals surface area contributed by atoms with Crippen molar-refractivity contribution in [3.63, 3.8) is 0 Å². The van der Waals surface area contributed by atoms with E-state index >= 15 is 0 Å². The number of esters is 1. The van der Waals surface area contributed by atoms with Gasteiger partial charge in [-0.1, -0.05) is 55.5 Å². The number of ether oxygens (including phenoxy) is 1. The predicted molar refractivity (Wildman–Crippen MR) is 128 cm³/mol. The van der Waals surface area contributed by atoms with Crippen molar-refractivity contribution in [2.75, 3.05) is 6.61 Å². The van der Waals surface area contributed by atoms with Crippen LogP contribution < -0.4 is 5.56 Å². The first-order valence-electron chi connectivity index (χ1n) is 12.2. The van der Waals surface area contributed by atoms with E-state index in [1.54, 1.807) is 0 Å². The molecular weight excluding hydrogens is 422 g/mol. The molecule has 1 atom stereocenters. The van der Waals surface area contributed by atoms with E-state index in [2.05, 4.69) is 29.2 Å². The summed E-state index contributed by atoms with van der Waals surface area (Å²) in [5.74, 6) is 1.12. The summed E-state index contributed by atoms with van der Waals surface area (Å²) in [6.45, 7) is 2.24. The molecule has 4 rings (SSSR count). The Labute approximate surface area is 195 Å². The zero-order chi connectivity index (χ0) is 22.5. The Morgan fingerprint density at radius 2 is 1.94 bits per heavy atom. The molecular formula is C27H34ClNO3. The molecule has 1 heterocycles. The van der Waals surface area contributed by atoms with Gasteiger partial charge in [-0.05, 0) is 74.1 Å². The van der Waals surface area contributed by atoms with Gasteiger partial charge in [-0.25, -0.2) is 0 Å². The highest BCUT2D eigenvalue weighted by atomic mass is 35.5. The normalized spacial score (nSPS) is 17.4. The van der Waals surface area contributed by atoms with Crippen molar-refractivity contribution in [3.05, 3.63) is 68.1 Å². The number of aryl methyl sites for hydroxylation is 1. The third-order valence-corrected chi connectivity index (χ3v) is 7.36. The Balaban J connectivity index is 1.52. The summed E-state index contributed by atoms with van der Waals surface area (Å²) in [6, 6.07) is 10.5. The lowest BCUT2D eigenvalue weighted by Crippen LogP contribution is -2.17. The lowest BCUT2D eigenvalue weighted by molar-refractivity contribution is -0.143. The molecule has 2 aromatic rings. The van der Waals surface area contributed by atoms with E-state index in [4.69, 9.17) is 16.3 Å². The smallest absolute Gasteiger partial charge is 0.305 e. The molecule has 0 aliphatic heterocycles. The van der Waals surface area contributed by atoms with Crippen LogP contribution in [0.15, 0.2) is 35.1 Å². The van der Waals surface area contributed by atoms with Crippen molar-refractivity contribution >= 4 is 17.6 Å². The van der Waals surface area contributed by atoms with Crippen molar-refractivity contribution in [2.45, 2.75) is 83.0 Å². The van der Waals surface area contributed by atoms with Crippen molar-refractivity contribution < 1.29 is 9.53 Å². The lowest BCUT2D eigenvalue weighted by atomic mass is 9.84. The third kappa shape index (κ3) is 5.83. The summed E-state index contributed by atoms with van der Waals surface area (Å²) in [6.07, 6.45) is 10.3. The molecule has 0 bridgehead atoms. The maximum Gasteiger partial charge on any atom is 0.305 e. The number of benzene rings is 1. The first-order chi connectivity index (χ1) is 15.5. The molecule has 2 aliphatic rings. The summed E-state index contributed by atoms with van der Waals surface area (Å²) >= 11 is 6.67. The van der Waals surface area contributed by atoms with Crippen LogP contribution in [0, 0.1) is 5.92 Å². The number of aromatic amines is 1. The minimum Gasteiger partial charge on any atom is -0.466 e. The first-order valence-corrected chi connectivity index (χ1v) is 12.6. The fourth-order valence-electron chi connectivity index (χ4n) is 5.08. The molecule has 0 saturated heterocycles. The first kappa shape index (κ1) is 23.1. The number of aromatic nitrogens is 1. The topological polar surface area (TPSA) is 59.2 Å². The van der Waals surface area contributed by atoms with Crippen LogP contribution in [0.4, 0.5) is 0 Å². The fourth-order valence-corrected chi connectivity index (χ4v) is 5.36. The molecule has 2 fully saturated rings. The van der Waals surface area contributed by atoms with Gasteiger partial charge in [-0.2, -0.15) is 0 Å². The number of hydrogen-bond acceptors (Lipinski definition) is 3. The van der Waals surface area contributed by atoms with E-state index in [-0.39, 0.29) is 17.4 Å². The molecule has 4 nitrogen and oxygen atoms in total. The SMILES string of the molecule is CCOC(=O)CCCc1ccc(C(CC2CCCC2)c2ccc(C3CC3)c(=O)[nH]2)cc1Cl. The number of H-pyrrole nitrogens is 1. The lowest BCUT2D eigenvalue weighted by Gasteiger charge is -2.22. The second-order valence-corrected chi connectivity index (χ2v) is 9.83. The largest absolute Gasteiger partial charge is 0.466 e. The highest BCUT2D eigenvalue weighted by Crippen LogP contribution is 2.40. The van der Waals surface area contributed by atoms with E-state index in [1.807, 2.05) is 13.0 Å². The molecule has 32 heavy (non-hydrogen) atoms. The summed E-state index contributed by atoms with van der Waals surface area (Å²) in [5, 5.41) is 0.736. The van der Waals surface area contributed by atoms with E-state index in [0.717, 1.165) is 59.5 Å². The van der Waals surface area contributed by atoms with Crippen LogP contribution in [-0.2, 0) is 16.0 Å². The van der Waals surface area contributed by atoms with Gasteiger partial charge in [-0.15, -0.1) is 0 Å². The van der Waals surface area contributed by atoms with Crippen LogP contribution in [0.3, 0.4) is 0 Å². The van der Waals surface area contributed by atoms with Crippen LogP contribution in [0.2, 0.25) is 5.02 Å². The number of hydrogen-bond donors (Lipinski definition) is 1. The average Bonchev–Trinajstić information content (AvgIpc) is 3.48. The Morgan fingerprint density at radius 3 is 2.59 bits per heavy atom. The highest BCUT2D eigenvalue weighted by Gasteiger charge is 2.28. The minimum absolute atomic E-state index is 0.0723. The van der Waals surface area contributed by atoms with Gasteiger partial charge in [0.2, 0.25) is 0 Å². The second kappa shape index (κ2) is 10.7. The van der Waals surface area contributed by atoms with Crippen LogP contribution >= 0.6 is 11.6 Å². The van der Waals surface area contributed by atoms with Crippen LogP contribution in [0.1, 0.15) is 98.9 Å². The molecule has 2 saturated carbocycles. The predicted octanol–water partition coefficient (Wildman–Crippen LogP) is 6.50. The second-order valence-electron chi connectivity index (χ2n) is 9.42. The van der Waals surface area contributed by atoms with E-state index < -0.39 is 0 Å². The standard InChI is InChI=1S/C27H34ClNO3/c1-2-32-26(30)9-5-8-20-12-13-21(17-24(20)28)23(16-18-6-3-4-7-18)25-15-14-22(19-10-11-19)27(31)29-25/h12-15,17-19,23H,2-11,16H2,1H3,(H,29,31). The van der Waals surface area contributed by atoms with E-state index in [1.165, 1.54) is 25.7 Å². The molecule has 1 aromatic carbocycles. The molecule has 0 spiro atoms. The molecule has 0 amide bonds. The molecule has 0 radical (unpaired) electrons. The summed E-state index contributed by atoms with van der Waals surface area (Å²) in [7, 11) is 0. The van der Waals surface area contributed by atoms with Crippen molar-refractivity contribution in [1.82, 2.24) is 4.98 Å². The van der Waals surface area contributed by atoms with Crippen molar-refractivity contribution in [2.24, 2.45) is 5.92 Å². The number of carbonyl (C=O) groups is 1. The summed E-state index contributed by atoms with van der Waals surface area (Å²) in [4.78, 5) is 27.5. The molecule has 5 heteroatoms. The molecule has 172 valence electrons. The van der Waals surface area contributed by atoms with Crippen LogP contribution in [0.25, 0.3) is 0 Å².